The molecule has 0 amide bonds. The van der Waals surface area contributed by atoms with Crippen LogP contribution in [0.5, 0.6) is 0 Å². The Bertz CT molecular complexity index is 709. The molecule has 1 aromatic carbocycles. The fourth-order valence-corrected chi connectivity index (χ4v) is 3.51. The first-order chi connectivity index (χ1) is 13.2. The van der Waals surface area contributed by atoms with Crippen molar-refractivity contribution in [1.29, 1.82) is 0 Å². The number of aryl methyl sites for hydroxylation is 1. The summed E-state index contributed by atoms with van der Waals surface area (Å²) in [7, 11) is 0. The van der Waals surface area contributed by atoms with Crippen molar-refractivity contribution in [2.75, 3.05) is 26.2 Å². The van der Waals surface area contributed by atoms with E-state index >= 15 is 0 Å². The Kier molecular flexibility index (Phi) is 9.84. The van der Waals surface area contributed by atoms with Gasteiger partial charge in [0.05, 0.1) is 6.26 Å². The van der Waals surface area contributed by atoms with Gasteiger partial charge in [0, 0.05) is 45.2 Å². The molecular weight excluding hydrogens is 463 g/mol. The molecule has 0 aliphatic carbocycles. The average Bonchev–Trinajstić information content (AvgIpc) is 3.19. The van der Waals surface area contributed by atoms with E-state index in [-0.39, 0.29) is 24.0 Å². The number of guanidine groups is 1. The highest BCUT2D eigenvalue weighted by Gasteiger charge is 2.20. The van der Waals surface area contributed by atoms with Gasteiger partial charge >= 0.3 is 0 Å². The molecular formula is C22H33IN4O. The maximum Gasteiger partial charge on any atom is 0.191 e. The normalized spacial score (nSPS) is 15.9. The SMILES string of the molecule is CCNC(=NCCc1ccco1)NC1CCN(Cc2ccccc2C)CC1.I. The van der Waals surface area contributed by atoms with Gasteiger partial charge in [0.15, 0.2) is 5.96 Å². The fourth-order valence-electron chi connectivity index (χ4n) is 3.51. The molecule has 0 unspecified atom stereocenters. The summed E-state index contributed by atoms with van der Waals surface area (Å²) in [5, 5.41) is 6.98. The van der Waals surface area contributed by atoms with E-state index in [2.05, 4.69) is 53.6 Å². The van der Waals surface area contributed by atoms with Gasteiger partial charge < -0.3 is 15.1 Å². The van der Waals surface area contributed by atoms with E-state index < -0.39 is 0 Å². The number of hydrogen-bond acceptors (Lipinski definition) is 3. The molecule has 154 valence electrons. The third kappa shape index (κ3) is 7.13. The van der Waals surface area contributed by atoms with Gasteiger partial charge in [0.2, 0.25) is 0 Å². The minimum Gasteiger partial charge on any atom is -0.469 e. The van der Waals surface area contributed by atoms with Crippen LogP contribution in [0.3, 0.4) is 0 Å². The summed E-state index contributed by atoms with van der Waals surface area (Å²) in [5.41, 5.74) is 2.83. The topological polar surface area (TPSA) is 52.8 Å². The van der Waals surface area contributed by atoms with Gasteiger partial charge in [0.25, 0.3) is 0 Å². The molecule has 0 saturated carbocycles. The minimum absolute atomic E-state index is 0. The van der Waals surface area contributed by atoms with Crippen molar-refractivity contribution in [3.8, 4) is 0 Å². The maximum atomic E-state index is 5.38. The Morgan fingerprint density at radius 1 is 1.18 bits per heavy atom. The highest BCUT2D eigenvalue weighted by Crippen LogP contribution is 2.16. The zero-order valence-corrected chi connectivity index (χ0v) is 19.3. The number of benzene rings is 1. The van der Waals surface area contributed by atoms with Crippen molar-refractivity contribution < 1.29 is 4.42 Å². The molecule has 6 heteroatoms. The van der Waals surface area contributed by atoms with Crippen LogP contribution in [0, 0.1) is 6.92 Å². The highest BCUT2D eigenvalue weighted by molar-refractivity contribution is 14.0. The van der Waals surface area contributed by atoms with Gasteiger partial charge in [0.1, 0.15) is 5.76 Å². The Hall–Kier alpha value is -1.54. The van der Waals surface area contributed by atoms with E-state index in [1.54, 1.807) is 6.26 Å². The molecule has 3 rings (SSSR count). The van der Waals surface area contributed by atoms with Gasteiger partial charge in [-0.05, 0) is 49.9 Å². The summed E-state index contributed by atoms with van der Waals surface area (Å²) in [6.45, 7) is 9.21. The van der Waals surface area contributed by atoms with Crippen LogP contribution in [-0.2, 0) is 13.0 Å². The molecule has 1 aliphatic heterocycles. The van der Waals surface area contributed by atoms with E-state index in [1.807, 2.05) is 12.1 Å². The van der Waals surface area contributed by atoms with E-state index in [9.17, 15) is 0 Å². The van der Waals surface area contributed by atoms with Gasteiger partial charge in [-0.2, -0.15) is 0 Å². The molecule has 1 aromatic heterocycles. The van der Waals surface area contributed by atoms with Crippen LogP contribution < -0.4 is 10.6 Å². The smallest absolute Gasteiger partial charge is 0.191 e. The fraction of sp³-hybridized carbons (Fsp3) is 0.500. The summed E-state index contributed by atoms with van der Waals surface area (Å²) in [6.07, 6.45) is 4.84. The third-order valence-corrected chi connectivity index (χ3v) is 5.14. The quantitative estimate of drug-likeness (QED) is 0.346. The number of piperidine rings is 1. The first-order valence-corrected chi connectivity index (χ1v) is 10.1. The molecule has 2 N–H and O–H groups in total. The van der Waals surface area contributed by atoms with E-state index in [1.165, 1.54) is 11.1 Å². The van der Waals surface area contributed by atoms with Crippen molar-refractivity contribution in [3.63, 3.8) is 0 Å². The summed E-state index contributed by atoms with van der Waals surface area (Å²) in [5.74, 6) is 1.90. The molecule has 2 heterocycles. The van der Waals surface area contributed by atoms with Crippen LogP contribution in [0.25, 0.3) is 0 Å². The summed E-state index contributed by atoms with van der Waals surface area (Å²) in [4.78, 5) is 7.26. The van der Waals surface area contributed by atoms with Crippen molar-refractivity contribution in [3.05, 3.63) is 59.5 Å². The number of nitrogens with one attached hydrogen (secondary N) is 2. The predicted octanol–water partition coefficient (Wildman–Crippen LogP) is 3.97. The van der Waals surface area contributed by atoms with Crippen molar-refractivity contribution in [1.82, 2.24) is 15.5 Å². The maximum absolute atomic E-state index is 5.38. The number of hydrogen-bond donors (Lipinski definition) is 2. The molecule has 1 saturated heterocycles. The second kappa shape index (κ2) is 12.1. The van der Waals surface area contributed by atoms with Crippen LogP contribution in [0.1, 0.15) is 36.7 Å². The zero-order chi connectivity index (χ0) is 18.9. The third-order valence-electron chi connectivity index (χ3n) is 5.14. The van der Waals surface area contributed by atoms with Crippen molar-refractivity contribution >= 4 is 29.9 Å². The van der Waals surface area contributed by atoms with E-state index in [4.69, 9.17) is 9.41 Å². The Morgan fingerprint density at radius 3 is 2.64 bits per heavy atom. The molecule has 0 spiro atoms. The molecule has 0 radical (unpaired) electrons. The van der Waals surface area contributed by atoms with Crippen molar-refractivity contribution in [2.24, 2.45) is 4.99 Å². The molecule has 0 bridgehead atoms. The van der Waals surface area contributed by atoms with Gasteiger partial charge in [-0.15, -0.1) is 24.0 Å². The van der Waals surface area contributed by atoms with Crippen LogP contribution in [-0.4, -0.2) is 43.1 Å². The van der Waals surface area contributed by atoms with Crippen LogP contribution in [0.4, 0.5) is 0 Å². The number of halogens is 1. The Morgan fingerprint density at radius 2 is 1.96 bits per heavy atom. The van der Waals surface area contributed by atoms with Crippen LogP contribution >= 0.6 is 24.0 Å². The minimum atomic E-state index is 0. The molecule has 5 nitrogen and oxygen atoms in total. The van der Waals surface area contributed by atoms with Gasteiger partial charge in [-0.1, -0.05) is 24.3 Å². The molecule has 28 heavy (non-hydrogen) atoms. The standard InChI is InChI=1S/C22H32N4O.HI/c1-3-23-22(24-13-10-21-9-6-16-27-21)25-20-11-14-26(15-12-20)17-19-8-5-4-7-18(19)2;/h4-9,16,20H,3,10-15,17H2,1-2H3,(H2,23,24,25);1H. The number of aliphatic imine (C=N–C) groups is 1. The second-order valence-electron chi connectivity index (χ2n) is 7.21. The summed E-state index contributed by atoms with van der Waals surface area (Å²) >= 11 is 0. The number of nitrogens with zero attached hydrogens (tertiary/aromatic N) is 2. The highest BCUT2D eigenvalue weighted by atomic mass is 127. The largest absolute Gasteiger partial charge is 0.469 e. The lowest BCUT2D eigenvalue weighted by molar-refractivity contribution is 0.198. The number of likely N-dealkylation sites (tertiary alicyclic amines) is 1. The van der Waals surface area contributed by atoms with E-state index in [0.717, 1.165) is 63.7 Å². The van der Waals surface area contributed by atoms with Gasteiger partial charge in [-0.3, -0.25) is 9.89 Å². The average molecular weight is 496 g/mol. The molecule has 0 atom stereocenters. The van der Waals surface area contributed by atoms with E-state index in [0.29, 0.717) is 6.04 Å². The molecule has 1 fully saturated rings. The number of furan rings is 1. The lowest BCUT2D eigenvalue weighted by Gasteiger charge is -2.33. The lowest BCUT2D eigenvalue weighted by atomic mass is 10.0. The summed E-state index contributed by atoms with van der Waals surface area (Å²) in [6, 6.07) is 13.1. The molecule has 1 aliphatic rings. The zero-order valence-electron chi connectivity index (χ0n) is 17.0. The molecule has 2 aromatic rings. The Balaban J connectivity index is 0.00000280. The summed E-state index contributed by atoms with van der Waals surface area (Å²) < 4.78 is 5.38. The van der Waals surface area contributed by atoms with Crippen molar-refractivity contribution in [2.45, 2.75) is 45.7 Å². The van der Waals surface area contributed by atoms with Crippen LogP contribution in [0.15, 0.2) is 52.1 Å². The Labute approximate surface area is 186 Å². The first-order valence-electron chi connectivity index (χ1n) is 10.1. The first kappa shape index (κ1) is 22.7. The second-order valence-corrected chi connectivity index (χ2v) is 7.21. The predicted molar refractivity (Wildman–Crippen MR) is 126 cm³/mol. The van der Waals surface area contributed by atoms with Crippen LogP contribution in [0.2, 0.25) is 0 Å². The monoisotopic (exact) mass is 496 g/mol. The van der Waals surface area contributed by atoms with Gasteiger partial charge in [-0.25, -0.2) is 0 Å². The lowest BCUT2D eigenvalue weighted by Crippen LogP contribution is -2.48. The number of rotatable bonds is 7.